The minimum absolute atomic E-state index is 0.163. The van der Waals surface area contributed by atoms with Crippen molar-refractivity contribution in [3.8, 4) is 0 Å². The molecule has 0 spiro atoms. The highest BCUT2D eigenvalue weighted by molar-refractivity contribution is 5.68. The van der Waals surface area contributed by atoms with Gasteiger partial charge < -0.3 is 4.57 Å². The lowest BCUT2D eigenvalue weighted by Gasteiger charge is -1.84. The quantitative estimate of drug-likeness (QED) is 0.708. The Kier molecular flexibility index (Phi) is 6.49. The lowest BCUT2D eigenvalue weighted by atomic mass is 10.4. The van der Waals surface area contributed by atoms with E-state index in [1.54, 1.807) is 19.4 Å². The number of hydrogen-bond donors (Lipinski definition) is 0. The molecule has 13 heavy (non-hydrogen) atoms. The summed E-state index contributed by atoms with van der Waals surface area (Å²) < 4.78 is 12.6. The lowest BCUT2D eigenvalue weighted by molar-refractivity contribution is -0.183. The minimum atomic E-state index is -0.789. The molecule has 0 N–H and O–H groups in total. The molecule has 0 bridgehead atoms. The van der Waals surface area contributed by atoms with Crippen molar-refractivity contribution in [1.29, 1.82) is 0 Å². The van der Waals surface area contributed by atoms with E-state index in [0.29, 0.717) is 6.42 Å². The first kappa shape index (κ1) is 11.6. The number of nitrogens with zero attached hydrogens (tertiary/aromatic N) is 2. The first-order valence-electron chi connectivity index (χ1n) is 3.94. The van der Waals surface area contributed by atoms with Crippen molar-refractivity contribution < 1.29 is 14.3 Å². The predicted molar refractivity (Wildman–Crippen MR) is 45.3 cm³/mol. The molecule has 1 aromatic heterocycles. The van der Waals surface area contributed by atoms with Gasteiger partial charge in [0.05, 0.1) is 6.33 Å². The average Bonchev–Trinajstić information content (AvgIpc) is 2.57. The molecule has 0 unspecified atom stereocenters. The molecule has 4 nitrogen and oxygen atoms in total. The highest BCUT2D eigenvalue weighted by Gasteiger charge is 1.96. The summed E-state index contributed by atoms with van der Waals surface area (Å²) in [6.07, 6.45) is 6.18. The molecule has 0 saturated carbocycles. The highest BCUT2D eigenvalue weighted by atomic mass is 19.3. The zero-order chi connectivity index (χ0) is 10.1. The van der Waals surface area contributed by atoms with Crippen molar-refractivity contribution in [3.05, 3.63) is 18.7 Å². The Hall–Kier alpha value is -1.39. The van der Waals surface area contributed by atoms with Crippen molar-refractivity contribution in [3.63, 3.8) is 0 Å². The van der Waals surface area contributed by atoms with Gasteiger partial charge in [0.1, 0.15) is 0 Å². The van der Waals surface area contributed by atoms with Gasteiger partial charge in [-0.15, -0.1) is 0 Å². The van der Waals surface area contributed by atoms with E-state index in [1.165, 1.54) is 0 Å². The molecule has 0 aliphatic heterocycles. The maximum atomic E-state index is 10.7. The highest BCUT2D eigenvalue weighted by Crippen LogP contribution is 1.89. The molecule has 0 saturated heterocycles. The summed E-state index contributed by atoms with van der Waals surface area (Å²) in [4.78, 5) is 16.5. The van der Waals surface area contributed by atoms with Gasteiger partial charge in [-0.05, 0) is 6.42 Å². The molecule has 1 heterocycles. The van der Waals surface area contributed by atoms with Gasteiger partial charge in [-0.1, -0.05) is 6.92 Å². The molecule has 1 rings (SSSR count). The van der Waals surface area contributed by atoms with E-state index in [0.717, 1.165) is 0 Å². The van der Waals surface area contributed by atoms with Gasteiger partial charge in [0.15, 0.2) is 0 Å². The van der Waals surface area contributed by atoms with Gasteiger partial charge in [-0.3, -0.25) is 4.94 Å². The van der Waals surface area contributed by atoms with Crippen molar-refractivity contribution in [2.24, 2.45) is 7.05 Å². The maximum absolute atomic E-state index is 10.7. The number of carbonyl (C=O) groups is 1. The minimum Gasteiger partial charge on any atom is -0.341 e. The molecule has 0 aromatic carbocycles. The second kappa shape index (κ2) is 7.27. The molecule has 0 aliphatic carbocycles. The fourth-order valence-electron chi connectivity index (χ4n) is 0.568. The summed E-state index contributed by atoms with van der Waals surface area (Å²) in [7, 11) is 1.94. The van der Waals surface area contributed by atoms with E-state index < -0.39 is 5.97 Å². The first-order valence-corrected chi connectivity index (χ1v) is 3.94. The smallest absolute Gasteiger partial charge is 0.341 e. The Labute approximate surface area is 76.2 Å². The molecule has 1 aromatic rings. The van der Waals surface area contributed by atoms with Crippen LogP contribution in [0.15, 0.2) is 18.7 Å². The van der Waals surface area contributed by atoms with Crippen LogP contribution in [0.3, 0.4) is 0 Å². The number of aromatic nitrogens is 2. The average molecular weight is 188 g/mol. The van der Waals surface area contributed by atoms with Crippen LogP contribution in [0, 0.1) is 0 Å². The molecular weight excluding hydrogens is 175 g/mol. The number of hydrogen-bond acceptors (Lipinski definition) is 3. The molecule has 0 radical (unpaired) electrons. The summed E-state index contributed by atoms with van der Waals surface area (Å²) in [5.74, 6) is -0.789. The molecule has 5 heteroatoms. The van der Waals surface area contributed by atoms with Crippen LogP contribution < -0.4 is 0 Å². The van der Waals surface area contributed by atoms with Crippen molar-refractivity contribution in [1.82, 2.24) is 9.55 Å². The third kappa shape index (κ3) is 6.99. The Morgan fingerprint density at radius 2 is 2.38 bits per heavy atom. The molecule has 0 atom stereocenters. The van der Waals surface area contributed by atoms with Gasteiger partial charge >= 0.3 is 5.97 Å². The van der Waals surface area contributed by atoms with Crippen LogP contribution in [0.1, 0.15) is 19.8 Å². The number of carbonyl (C=O) groups excluding carboxylic acids is 1. The van der Waals surface area contributed by atoms with E-state index >= 15 is 0 Å². The molecule has 0 aliphatic rings. The van der Waals surface area contributed by atoms with Gasteiger partial charge in [0.2, 0.25) is 0 Å². The Bertz CT molecular complexity index is 224. The fraction of sp³-hybridized carbons (Fsp3) is 0.500. The predicted octanol–water partition coefficient (Wildman–Crippen LogP) is 1.63. The van der Waals surface area contributed by atoms with E-state index in [9.17, 15) is 9.32 Å². The molecule has 0 fully saturated rings. The standard InChI is InChI=1S/C4H7FO2.C4H6N2/c1-2-3-4(6)7-5;1-6-3-2-5-4-6/h2-3H2,1H3;2-4H,1H3. The summed E-state index contributed by atoms with van der Waals surface area (Å²) in [5, 5.41) is 0. The third-order valence-corrected chi connectivity index (χ3v) is 1.18. The number of imidazole rings is 1. The van der Waals surface area contributed by atoms with E-state index in [-0.39, 0.29) is 6.42 Å². The van der Waals surface area contributed by atoms with Crippen LogP contribution in [-0.4, -0.2) is 15.5 Å². The van der Waals surface area contributed by atoms with Gasteiger partial charge in [0, 0.05) is 30.4 Å². The van der Waals surface area contributed by atoms with Crippen LogP contribution in [0.4, 0.5) is 4.53 Å². The molecule has 0 amide bonds. The first-order chi connectivity index (χ1) is 6.20. The van der Waals surface area contributed by atoms with Gasteiger partial charge in [-0.25, -0.2) is 9.78 Å². The summed E-state index contributed by atoms with van der Waals surface area (Å²) >= 11 is 0. The third-order valence-electron chi connectivity index (χ3n) is 1.18. The number of rotatable bonds is 2. The van der Waals surface area contributed by atoms with Crippen LogP contribution >= 0.6 is 0 Å². The zero-order valence-electron chi connectivity index (χ0n) is 7.74. The Morgan fingerprint density at radius 3 is 2.54 bits per heavy atom. The van der Waals surface area contributed by atoms with Crippen LogP contribution in [0.2, 0.25) is 0 Å². The lowest BCUT2D eigenvalue weighted by Crippen LogP contribution is -1.94. The van der Waals surface area contributed by atoms with E-state index in [2.05, 4.69) is 9.93 Å². The maximum Gasteiger partial charge on any atom is 0.348 e. The van der Waals surface area contributed by atoms with Crippen LogP contribution in [-0.2, 0) is 16.8 Å². The summed E-state index contributed by atoms with van der Waals surface area (Å²) in [6, 6.07) is 0. The van der Waals surface area contributed by atoms with Crippen LogP contribution in [0.25, 0.3) is 0 Å². The van der Waals surface area contributed by atoms with Crippen molar-refractivity contribution in [2.75, 3.05) is 0 Å². The second-order valence-electron chi connectivity index (χ2n) is 2.43. The topological polar surface area (TPSA) is 44.1 Å². The number of aryl methyl sites for hydroxylation is 1. The Morgan fingerprint density at radius 1 is 1.69 bits per heavy atom. The van der Waals surface area contributed by atoms with Gasteiger partial charge in [0.25, 0.3) is 0 Å². The van der Waals surface area contributed by atoms with Crippen LogP contribution in [0.5, 0.6) is 0 Å². The largest absolute Gasteiger partial charge is 0.348 e. The monoisotopic (exact) mass is 188 g/mol. The van der Waals surface area contributed by atoms with Gasteiger partial charge in [-0.2, -0.15) is 0 Å². The molecule has 74 valence electrons. The number of halogens is 1. The Balaban J connectivity index is 0.000000223. The van der Waals surface area contributed by atoms with Crippen molar-refractivity contribution in [2.45, 2.75) is 19.8 Å². The van der Waals surface area contributed by atoms with E-state index in [4.69, 9.17) is 0 Å². The van der Waals surface area contributed by atoms with Crippen molar-refractivity contribution >= 4 is 5.97 Å². The second-order valence-corrected chi connectivity index (χ2v) is 2.43. The summed E-state index contributed by atoms with van der Waals surface area (Å²) in [6.45, 7) is 1.77. The normalized spacial score (nSPS) is 8.54. The SMILES string of the molecule is CCCC(=O)OF.Cn1ccnc1. The summed E-state index contributed by atoms with van der Waals surface area (Å²) in [5.41, 5.74) is 0. The van der Waals surface area contributed by atoms with E-state index in [1.807, 2.05) is 17.8 Å². The zero-order valence-corrected chi connectivity index (χ0v) is 7.74. The fourth-order valence-corrected chi connectivity index (χ4v) is 0.568. The molecular formula is C8H13FN2O2.